The number of rotatable bonds is 2. The molecular formula is C10H21N5. The number of guanidine groups is 2. The summed E-state index contributed by atoms with van der Waals surface area (Å²) in [5, 5.41) is 13.0. The van der Waals surface area contributed by atoms with Crippen LogP contribution < -0.4 is 16.4 Å². The molecule has 5 heteroatoms. The number of hydrogen-bond acceptors (Lipinski definition) is 2. The maximum absolute atomic E-state index is 7.10. The Morgan fingerprint density at radius 3 is 2.60 bits per heavy atom. The van der Waals surface area contributed by atoms with Gasteiger partial charge < -0.3 is 11.1 Å². The standard InChI is InChI=1S/C10H21N5/c1-13-10(15-9(11)12)14-7-8-5-3-2-4-6-8/h8H,2-7H2,1H3,(H5,11,12,13,14,15). The summed E-state index contributed by atoms with van der Waals surface area (Å²) in [7, 11) is 1.68. The average Bonchev–Trinajstić information content (AvgIpc) is 2.25. The molecule has 5 N–H and O–H groups in total. The highest BCUT2D eigenvalue weighted by Gasteiger charge is 2.13. The van der Waals surface area contributed by atoms with Crippen LogP contribution in [0.25, 0.3) is 0 Å². The van der Waals surface area contributed by atoms with E-state index in [0.717, 1.165) is 12.5 Å². The average molecular weight is 211 g/mol. The third kappa shape index (κ3) is 4.67. The van der Waals surface area contributed by atoms with Crippen molar-refractivity contribution in [2.45, 2.75) is 32.1 Å². The molecule has 15 heavy (non-hydrogen) atoms. The van der Waals surface area contributed by atoms with Crippen LogP contribution in [-0.2, 0) is 0 Å². The van der Waals surface area contributed by atoms with E-state index in [-0.39, 0.29) is 5.96 Å². The van der Waals surface area contributed by atoms with Crippen LogP contribution in [0.3, 0.4) is 0 Å². The van der Waals surface area contributed by atoms with Crippen LogP contribution in [0.1, 0.15) is 32.1 Å². The van der Waals surface area contributed by atoms with Gasteiger partial charge >= 0.3 is 0 Å². The Bertz CT molecular complexity index is 230. The Balaban J connectivity index is 2.24. The van der Waals surface area contributed by atoms with Crippen molar-refractivity contribution in [1.29, 1.82) is 5.41 Å². The van der Waals surface area contributed by atoms with Crippen molar-refractivity contribution in [1.82, 2.24) is 10.6 Å². The zero-order chi connectivity index (χ0) is 11.1. The van der Waals surface area contributed by atoms with E-state index in [1.807, 2.05) is 0 Å². The van der Waals surface area contributed by atoms with Gasteiger partial charge in [0.15, 0.2) is 11.9 Å². The first-order valence-corrected chi connectivity index (χ1v) is 5.54. The molecule has 86 valence electrons. The molecule has 0 amide bonds. The van der Waals surface area contributed by atoms with Crippen molar-refractivity contribution in [3.8, 4) is 0 Å². The maximum Gasteiger partial charge on any atom is 0.197 e. The lowest BCUT2D eigenvalue weighted by atomic mass is 9.89. The lowest BCUT2D eigenvalue weighted by molar-refractivity contribution is 0.356. The van der Waals surface area contributed by atoms with Crippen LogP contribution in [0.4, 0.5) is 0 Å². The van der Waals surface area contributed by atoms with Crippen molar-refractivity contribution < 1.29 is 0 Å². The topological polar surface area (TPSA) is 86.3 Å². The second-order valence-corrected chi connectivity index (χ2v) is 4.00. The molecule has 1 aliphatic rings. The largest absolute Gasteiger partial charge is 0.370 e. The summed E-state index contributed by atoms with van der Waals surface area (Å²) in [4.78, 5) is 3.99. The van der Waals surface area contributed by atoms with Gasteiger partial charge in [-0.15, -0.1) is 0 Å². The monoisotopic (exact) mass is 211 g/mol. The Hall–Kier alpha value is -1.26. The number of nitrogens with zero attached hydrogens (tertiary/aromatic N) is 1. The summed E-state index contributed by atoms with van der Waals surface area (Å²) < 4.78 is 0. The first-order valence-electron chi connectivity index (χ1n) is 5.54. The van der Waals surface area contributed by atoms with Crippen LogP contribution in [0.5, 0.6) is 0 Å². The van der Waals surface area contributed by atoms with Crippen LogP contribution in [0.15, 0.2) is 4.99 Å². The highest BCUT2D eigenvalue weighted by atomic mass is 15.2. The lowest BCUT2D eigenvalue weighted by Crippen LogP contribution is -2.45. The van der Waals surface area contributed by atoms with Gasteiger partial charge in [-0.3, -0.25) is 15.7 Å². The van der Waals surface area contributed by atoms with Gasteiger partial charge in [0.2, 0.25) is 0 Å². The zero-order valence-electron chi connectivity index (χ0n) is 9.34. The van der Waals surface area contributed by atoms with Gasteiger partial charge in [0.25, 0.3) is 0 Å². The van der Waals surface area contributed by atoms with Crippen molar-refractivity contribution in [2.24, 2.45) is 16.6 Å². The highest BCUT2D eigenvalue weighted by Crippen LogP contribution is 2.22. The van der Waals surface area contributed by atoms with Gasteiger partial charge in [-0.25, -0.2) is 0 Å². The molecule has 0 spiro atoms. The van der Waals surface area contributed by atoms with Crippen LogP contribution >= 0.6 is 0 Å². The van der Waals surface area contributed by atoms with Gasteiger partial charge in [0.1, 0.15) is 0 Å². The quantitative estimate of drug-likeness (QED) is 0.399. The van der Waals surface area contributed by atoms with Crippen LogP contribution in [0.2, 0.25) is 0 Å². The fourth-order valence-electron chi connectivity index (χ4n) is 1.94. The van der Waals surface area contributed by atoms with Crippen molar-refractivity contribution >= 4 is 11.9 Å². The second-order valence-electron chi connectivity index (χ2n) is 4.00. The van der Waals surface area contributed by atoms with E-state index in [9.17, 15) is 0 Å². The van der Waals surface area contributed by atoms with Crippen LogP contribution in [-0.4, -0.2) is 25.5 Å². The summed E-state index contributed by atoms with van der Waals surface area (Å²) in [6.07, 6.45) is 6.64. The molecule has 0 atom stereocenters. The fourth-order valence-corrected chi connectivity index (χ4v) is 1.94. The molecule has 1 rings (SSSR count). The van der Waals surface area contributed by atoms with E-state index >= 15 is 0 Å². The smallest absolute Gasteiger partial charge is 0.197 e. The molecule has 1 fully saturated rings. The second kappa shape index (κ2) is 6.27. The molecule has 0 saturated heterocycles. The fraction of sp³-hybridized carbons (Fsp3) is 0.800. The number of nitrogens with two attached hydrogens (primary N) is 1. The summed E-state index contributed by atoms with van der Waals surface area (Å²) >= 11 is 0. The molecule has 0 aromatic carbocycles. The third-order valence-corrected chi connectivity index (χ3v) is 2.76. The third-order valence-electron chi connectivity index (χ3n) is 2.76. The highest BCUT2D eigenvalue weighted by molar-refractivity contribution is 5.96. The van der Waals surface area contributed by atoms with E-state index in [0.29, 0.717) is 5.96 Å². The van der Waals surface area contributed by atoms with Gasteiger partial charge in [-0.2, -0.15) is 0 Å². The minimum absolute atomic E-state index is 0.0771. The predicted molar refractivity (Wildman–Crippen MR) is 63.0 cm³/mol. The molecule has 0 aromatic heterocycles. The minimum atomic E-state index is -0.0771. The molecule has 0 bridgehead atoms. The van der Waals surface area contributed by atoms with E-state index in [1.54, 1.807) is 7.05 Å². The van der Waals surface area contributed by atoms with Crippen molar-refractivity contribution in [3.63, 3.8) is 0 Å². The summed E-state index contributed by atoms with van der Waals surface area (Å²) in [5.74, 6) is 1.25. The van der Waals surface area contributed by atoms with Gasteiger partial charge in [0.05, 0.1) is 0 Å². The van der Waals surface area contributed by atoms with Gasteiger partial charge in [-0.05, 0) is 18.8 Å². The molecule has 0 aromatic rings. The van der Waals surface area contributed by atoms with E-state index in [2.05, 4.69) is 15.6 Å². The summed E-state index contributed by atoms with van der Waals surface area (Å²) in [5.41, 5.74) is 5.23. The molecule has 5 nitrogen and oxygen atoms in total. The molecule has 0 aliphatic heterocycles. The predicted octanol–water partition coefficient (Wildman–Crippen LogP) is 0.625. The number of nitrogens with one attached hydrogen (secondary N) is 3. The molecule has 1 saturated carbocycles. The molecule has 0 radical (unpaired) electrons. The van der Waals surface area contributed by atoms with Gasteiger partial charge in [0, 0.05) is 13.6 Å². The number of hydrogen-bond donors (Lipinski definition) is 4. The Morgan fingerprint density at radius 1 is 1.40 bits per heavy atom. The SMILES string of the molecule is C/N=C(\NCC1CCCCC1)NC(=N)N. The Morgan fingerprint density at radius 2 is 2.07 bits per heavy atom. The lowest BCUT2D eigenvalue weighted by Gasteiger charge is -2.22. The van der Waals surface area contributed by atoms with Crippen molar-refractivity contribution in [2.75, 3.05) is 13.6 Å². The van der Waals surface area contributed by atoms with Crippen LogP contribution in [0, 0.1) is 11.3 Å². The molecule has 0 heterocycles. The Kier molecular flexibility index (Phi) is 4.93. The first kappa shape index (κ1) is 11.8. The molecule has 1 aliphatic carbocycles. The maximum atomic E-state index is 7.10. The van der Waals surface area contributed by atoms with Crippen molar-refractivity contribution in [3.05, 3.63) is 0 Å². The van der Waals surface area contributed by atoms with Gasteiger partial charge in [-0.1, -0.05) is 19.3 Å². The first-order chi connectivity index (χ1) is 7.22. The number of aliphatic imine (C=N–C) groups is 1. The van der Waals surface area contributed by atoms with E-state index < -0.39 is 0 Å². The van der Waals surface area contributed by atoms with E-state index in [4.69, 9.17) is 11.1 Å². The summed E-state index contributed by atoms with van der Waals surface area (Å²) in [6.45, 7) is 0.924. The molecule has 0 unspecified atom stereocenters. The molecular weight excluding hydrogens is 190 g/mol. The normalized spacial score (nSPS) is 18.6. The summed E-state index contributed by atoms with van der Waals surface area (Å²) in [6, 6.07) is 0. The Labute approximate surface area is 91.0 Å². The minimum Gasteiger partial charge on any atom is -0.370 e. The zero-order valence-corrected chi connectivity index (χ0v) is 9.34. The van der Waals surface area contributed by atoms with E-state index in [1.165, 1.54) is 32.1 Å².